The van der Waals surface area contributed by atoms with Crippen LogP contribution in [0.2, 0.25) is 10.0 Å². The highest BCUT2D eigenvalue weighted by Gasteiger charge is 2.17. The molecule has 25 heavy (non-hydrogen) atoms. The van der Waals surface area contributed by atoms with Gasteiger partial charge in [0.2, 0.25) is 0 Å². The summed E-state index contributed by atoms with van der Waals surface area (Å²) in [5.74, 6) is -0.0743. The van der Waals surface area contributed by atoms with Crippen LogP contribution in [0.1, 0.15) is 11.1 Å². The van der Waals surface area contributed by atoms with Gasteiger partial charge in [0, 0.05) is 27.8 Å². The highest BCUT2D eigenvalue weighted by atomic mass is 35.5. The summed E-state index contributed by atoms with van der Waals surface area (Å²) in [6, 6.07) is 13.8. The largest absolute Gasteiger partial charge is 0.361 e. The number of benzene rings is 2. The molecular weight excluding hydrogens is 355 g/mol. The van der Waals surface area contributed by atoms with E-state index in [1.807, 2.05) is 6.07 Å². The van der Waals surface area contributed by atoms with Crippen molar-refractivity contribution in [1.29, 1.82) is 5.26 Å². The molecule has 0 aliphatic rings. The number of hydrogen-bond acceptors (Lipinski definition) is 2. The Hall–Kier alpha value is -3.10. The van der Waals surface area contributed by atoms with Crippen LogP contribution in [-0.4, -0.2) is 5.84 Å². The third-order valence-electron chi connectivity index (χ3n) is 3.35. The molecule has 0 spiro atoms. The molecule has 0 aliphatic carbocycles. The van der Waals surface area contributed by atoms with Crippen molar-refractivity contribution < 1.29 is 0 Å². The summed E-state index contributed by atoms with van der Waals surface area (Å²) in [7, 11) is 0. The molecule has 2 aromatic carbocycles. The number of hydrogen-bond donors (Lipinski definition) is 0. The maximum atomic E-state index is 9.27. The average Bonchev–Trinajstić information content (AvgIpc) is 2.63. The molecule has 0 amide bonds. The van der Waals surface area contributed by atoms with E-state index in [9.17, 15) is 5.26 Å². The second kappa shape index (κ2) is 8.13. The maximum Gasteiger partial charge on any atom is 0.268 e. The number of nitriles is 1. The Morgan fingerprint density at radius 1 is 1.08 bits per heavy atom. The molecular formula is C19H10Cl2N4. The topological polar surface area (TPSA) is 44.9 Å². The molecule has 0 aliphatic heterocycles. The zero-order valence-electron chi connectivity index (χ0n) is 13.1. The van der Waals surface area contributed by atoms with E-state index in [-0.39, 0.29) is 17.1 Å². The predicted octanol–water partition coefficient (Wildman–Crippen LogP) is 6.11. The molecule has 120 valence electrons. The molecule has 0 N–H and O–H groups in total. The standard InChI is InChI=1S/C19H10Cl2N4/c1-12-15(20)9-14(10-16(12)21)25-19(24-3)18(17(11-22)23-2)13-7-5-4-6-8-13/h4-10H,1H3/b18-17-,25-19?. The van der Waals surface area contributed by atoms with Crippen LogP contribution in [-0.2, 0) is 0 Å². The van der Waals surface area contributed by atoms with Crippen LogP contribution in [0.4, 0.5) is 5.69 Å². The Morgan fingerprint density at radius 3 is 2.16 bits per heavy atom. The number of rotatable bonds is 3. The molecule has 6 heteroatoms. The zero-order chi connectivity index (χ0) is 18.4. The van der Waals surface area contributed by atoms with E-state index in [1.54, 1.807) is 49.4 Å². The van der Waals surface area contributed by atoms with Gasteiger partial charge in [0.15, 0.2) is 5.69 Å². The van der Waals surface area contributed by atoms with Crippen molar-refractivity contribution in [2.24, 2.45) is 4.99 Å². The quantitative estimate of drug-likeness (QED) is 0.280. The Bertz CT molecular complexity index is 961. The van der Waals surface area contributed by atoms with Gasteiger partial charge >= 0.3 is 0 Å². The first kappa shape index (κ1) is 18.2. The van der Waals surface area contributed by atoms with Crippen molar-refractivity contribution in [1.82, 2.24) is 0 Å². The van der Waals surface area contributed by atoms with Crippen LogP contribution in [0.3, 0.4) is 0 Å². The molecule has 0 unspecified atom stereocenters. The molecule has 2 rings (SSSR count). The van der Waals surface area contributed by atoms with Crippen molar-refractivity contribution in [3.05, 3.63) is 92.2 Å². The van der Waals surface area contributed by atoms with Crippen LogP contribution in [0.15, 0.2) is 53.2 Å². The van der Waals surface area contributed by atoms with Gasteiger partial charge in [-0.3, -0.25) is 0 Å². The molecule has 4 nitrogen and oxygen atoms in total. The lowest BCUT2D eigenvalue weighted by molar-refractivity contribution is 1.43. The summed E-state index contributed by atoms with van der Waals surface area (Å²) in [4.78, 5) is 10.9. The van der Waals surface area contributed by atoms with E-state index in [0.29, 0.717) is 26.9 Å². The second-order valence-corrected chi connectivity index (χ2v) is 5.71. The minimum atomic E-state index is -0.203. The third-order valence-corrected chi connectivity index (χ3v) is 4.13. The van der Waals surface area contributed by atoms with Gasteiger partial charge in [-0.15, -0.1) is 4.99 Å². The first-order valence-corrected chi connectivity index (χ1v) is 7.76. The molecule has 2 aromatic rings. The summed E-state index contributed by atoms with van der Waals surface area (Å²) in [5, 5.41) is 10.1. The Balaban J connectivity index is 2.72. The van der Waals surface area contributed by atoms with E-state index in [1.165, 1.54) is 0 Å². The molecule has 0 bridgehead atoms. The van der Waals surface area contributed by atoms with Crippen molar-refractivity contribution in [3.8, 4) is 6.07 Å². The van der Waals surface area contributed by atoms with Gasteiger partial charge in [-0.25, -0.2) is 10.1 Å². The van der Waals surface area contributed by atoms with Gasteiger partial charge < -0.3 is 4.85 Å². The molecule has 0 radical (unpaired) electrons. The number of halogens is 2. The first-order valence-electron chi connectivity index (χ1n) is 7.01. The Kier molecular flexibility index (Phi) is 5.93. The van der Waals surface area contributed by atoms with E-state index >= 15 is 0 Å². The minimum Gasteiger partial charge on any atom is -0.361 e. The van der Waals surface area contributed by atoms with Gasteiger partial charge in [0.1, 0.15) is 0 Å². The Labute approximate surface area is 155 Å². The van der Waals surface area contributed by atoms with Gasteiger partial charge in [0.25, 0.3) is 11.5 Å². The van der Waals surface area contributed by atoms with Gasteiger partial charge in [-0.2, -0.15) is 0 Å². The van der Waals surface area contributed by atoms with Crippen LogP contribution in [0.5, 0.6) is 0 Å². The van der Waals surface area contributed by atoms with Crippen molar-refractivity contribution in [2.45, 2.75) is 6.92 Å². The number of amidine groups is 1. The molecule has 0 heterocycles. The second-order valence-electron chi connectivity index (χ2n) is 4.89. The summed E-state index contributed by atoms with van der Waals surface area (Å²) in [6.45, 7) is 16.5. The fourth-order valence-electron chi connectivity index (χ4n) is 2.07. The normalized spacial score (nSPS) is 11.8. The molecule has 0 saturated carbocycles. The summed E-state index contributed by atoms with van der Waals surface area (Å²) in [6.07, 6.45) is 0. The van der Waals surface area contributed by atoms with Crippen LogP contribution in [0, 0.1) is 31.4 Å². The lowest BCUT2D eigenvalue weighted by Crippen LogP contribution is -1.99. The van der Waals surface area contributed by atoms with Crippen molar-refractivity contribution in [2.75, 3.05) is 0 Å². The lowest BCUT2D eigenvalue weighted by Gasteiger charge is -2.07. The fourth-order valence-corrected chi connectivity index (χ4v) is 2.54. The van der Waals surface area contributed by atoms with E-state index in [0.717, 1.165) is 0 Å². The van der Waals surface area contributed by atoms with Crippen molar-refractivity contribution >= 4 is 40.3 Å². The molecule has 0 fully saturated rings. The highest BCUT2D eigenvalue weighted by molar-refractivity contribution is 6.36. The minimum absolute atomic E-state index is 0.0743. The van der Waals surface area contributed by atoms with Crippen LogP contribution < -0.4 is 0 Å². The molecule has 0 saturated heterocycles. The molecule has 0 atom stereocenters. The highest BCUT2D eigenvalue weighted by Crippen LogP contribution is 2.31. The number of aliphatic imine (C=N–C) groups is 1. The van der Waals surface area contributed by atoms with Crippen LogP contribution >= 0.6 is 23.2 Å². The van der Waals surface area contributed by atoms with Crippen molar-refractivity contribution in [3.63, 3.8) is 0 Å². The first-order chi connectivity index (χ1) is 12.0. The zero-order valence-corrected chi connectivity index (χ0v) is 14.6. The van der Waals surface area contributed by atoms with E-state index in [2.05, 4.69) is 14.7 Å². The van der Waals surface area contributed by atoms with Gasteiger partial charge in [0.05, 0.1) is 12.6 Å². The monoisotopic (exact) mass is 364 g/mol. The van der Waals surface area contributed by atoms with Crippen LogP contribution in [0.25, 0.3) is 15.3 Å². The summed E-state index contributed by atoms with van der Waals surface area (Å²) >= 11 is 12.2. The molecule has 0 aromatic heterocycles. The van der Waals surface area contributed by atoms with Gasteiger partial charge in [-0.05, 0) is 18.1 Å². The lowest BCUT2D eigenvalue weighted by atomic mass is 10.0. The average molecular weight is 365 g/mol. The van der Waals surface area contributed by atoms with E-state index in [4.69, 9.17) is 36.3 Å². The third kappa shape index (κ3) is 4.06. The van der Waals surface area contributed by atoms with Gasteiger partial charge in [-0.1, -0.05) is 60.1 Å². The number of allylic oxidation sites excluding steroid dienone is 1. The number of nitrogens with zero attached hydrogens (tertiary/aromatic N) is 4. The predicted molar refractivity (Wildman–Crippen MR) is 100 cm³/mol. The van der Waals surface area contributed by atoms with E-state index < -0.39 is 0 Å². The Morgan fingerprint density at radius 2 is 1.68 bits per heavy atom. The maximum absolute atomic E-state index is 9.27. The SMILES string of the molecule is [C-]#[N+]C(=Nc1cc(Cl)c(C)c(Cl)c1)/C(=C(/C#N)[N+]#[C-])c1ccccc1. The summed E-state index contributed by atoms with van der Waals surface area (Å²) in [5.41, 5.74) is 1.63. The fraction of sp³-hybridized carbons (Fsp3) is 0.0526. The summed E-state index contributed by atoms with van der Waals surface area (Å²) < 4.78 is 0. The smallest absolute Gasteiger partial charge is 0.268 e.